The van der Waals surface area contributed by atoms with Gasteiger partial charge in [0.05, 0.1) is 6.61 Å². The minimum atomic E-state index is 0.355. The molecule has 0 atom stereocenters. The van der Waals surface area contributed by atoms with E-state index in [4.69, 9.17) is 15.0 Å². The van der Waals surface area contributed by atoms with E-state index in [0.717, 1.165) is 30.8 Å². The molecule has 0 unspecified atom stereocenters. The van der Waals surface area contributed by atoms with Crippen molar-refractivity contribution < 1.29 is 9.26 Å². The molecule has 0 radical (unpaired) electrons. The molecule has 1 aromatic heterocycles. The van der Waals surface area contributed by atoms with E-state index < -0.39 is 0 Å². The smallest absolute Gasteiger partial charge is 0.183 e. The first-order valence-electron chi connectivity index (χ1n) is 5.86. The van der Waals surface area contributed by atoms with Gasteiger partial charge in [-0.1, -0.05) is 18.5 Å². The van der Waals surface area contributed by atoms with Crippen LogP contribution in [0.1, 0.15) is 19.8 Å². The summed E-state index contributed by atoms with van der Waals surface area (Å²) in [6, 6.07) is 7.67. The van der Waals surface area contributed by atoms with Crippen LogP contribution >= 0.6 is 15.9 Å². The largest absolute Gasteiger partial charge is 0.494 e. The first-order valence-corrected chi connectivity index (χ1v) is 6.65. The Morgan fingerprint density at radius 1 is 1.33 bits per heavy atom. The molecule has 96 valence electrons. The summed E-state index contributed by atoms with van der Waals surface area (Å²) in [5.74, 6) is 1.84. The lowest BCUT2D eigenvalue weighted by Gasteiger charge is -2.05. The van der Waals surface area contributed by atoms with Crippen molar-refractivity contribution >= 4 is 21.7 Å². The van der Waals surface area contributed by atoms with Crippen LogP contribution in [0, 0.1) is 0 Å². The Morgan fingerprint density at radius 3 is 2.61 bits per heavy atom. The van der Waals surface area contributed by atoms with Gasteiger partial charge in [0.25, 0.3) is 0 Å². The van der Waals surface area contributed by atoms with Gasteiger partial charge in [-0.15, -0.1) is 0 Å². The van der Waals surface area contributed by atoms with E-state index in [9.17, 15) is 0 Å². The van der Waals surface area contributed by atoms with Gasteiger partial charge in [-0.3, -0.25) is 0 Å². The van der Waals surface area contributed by atoms with Gasteiger partial charge in [0.1, 0.15) is 10.2 Å². The molecule has 2 N–H and O–H groups in total. The summed E-state index contributed by atoms with van der Waals surface area (Å²) >= 11 is 3.34. The second kappa shape index (κ2) is 5.91. The maximum atomic E-state index is 5.61. The van der Waals surface area contributed by atoms with Crippen molar-refractivity contribution in [1.82, 2.24) is 5.16 Å². The van der Waals surface area contributed by atoms with Crippen LogP contribution in [0.5, 0.6) is 5.75 Å². The van der Waals surface area contributed by atoms with E-state index in [-0.39, 0.29) is 0 Å². The molecule has 0 amide bonds. The van der Waals surface area contributed by atoms with Crippen molar-refractivity contribution in [2.75, 3.05) is 12.3 Å². The second-order valence-electron chi connectivity index (χ2n) is 3.94. The zero-order valence-electron chi connectivity index (χ0n) is 10.1. The molecule has 0 saturated carbocycles. The Balaban J connectivity index is 2.10. The van der Waals surface area contributed by atoms with Crippen LogP contribution in [0.2, 0.25) is 0 Å². The monoisotopic (exact) mass is 310 g/mol. The molecule has 0 aliphatic heterocycles. The van der Waals surface area contributed by atoms with Crippen molar-refractivity contribution in [3.05, 3.63) is 28.7 Å². The maximum absolute atomic E-state index is 5.61. The second-order valence-corrected chi connectivity index (χ2v) is 4.73. The fourth-order valence-electron chi connectivity index (χ4n) is 1.51. The van der Waals surface area contributed by atoms with Crippen molar-refractivity contribution in [2.24, 2.45) is 0 Å². The van der Waals surface area contributed by atoms with Crippen LogP contribution in [0.15, 0.2) is 33.3 Å². The third-order valence-electron chi connectivity index (χ3n) is 2.54. The number of nitrogens with two attached hydrogens (primary N) is 1. The number of nitrogens with zero attached hydrogens (tertiary/aromatic N) is 1. The number of hydrogen-bond donors (Lipinski definition) is 1. The Labute approximate surface area is 114 Å². The summed E-state index contributed by atoms with van der Waals surface area (Å²) in [7, 11) is 0. The predicted octanol–water partition coefficient (Wildman–Crippen LogP) is 3.87. The number of halogens is 1. The Kier molecular flexibility index (Phi) is 4.25. The molecule has 2 aromatic rings. The van der Waals surface area contributed by atoms with Crippen LogP contribution in [-0.2, 0) is 0 Å². The average molecular weight is 311 g/mol. The predicted molar refractivity (Wildman–Crippen MR) is 74.5 cm³/mol. The Morgan fingerprint density at radius 2 is 2.06 bits per heavy atom. The minimum absolute atomic E-state index is 0.355. The molecule has 4 nitrogen and oxygen atoms in total. The van der Waals surface area contributed by atoms with Crippen LogP contribution in [0.25, 0.3) is 11.3 Å². The molecule has 5 heteroatoms. The number of rotatable bonds is 5. The summed E-state index contributed by atoms with van der Waals surface area (Å²) < 4.78 is 11.4. The van der Waals surface area contributed by atoms with Gasteiger partial charge in [0.2, 0.25) is 0 Å². The molecule has 0 fully saturated rings. The summed E-state index contributed by atoms with van der Waals surface area (Å²) in [4.78, 5) is 0. The average Bonchev–Trinajstić information content (AvgIpc) is 2.72. The molecule has 2 rings (SSSR count). The lowest BCUT2D eigenvalue weighted by atomic mass is 10.1. The highest BCUT2D eigenvalue weighted by molar-refractivity contribution is 9.10. The van der Waals surface area contributed by atoms with Crippen molar-refractivity contribution in [3.63, 3.8) is 0 Å². The number of anilines is 1. The van der Waals surface area contributed by atoms with Gasteiger partial charge < -0.3 is 15.0 Å². The summed E-state index contributed by atoms with van der Waals surface area (Å²) in [5.41, 5.74) is 6.52. The van der Waals surface area contributed by atoms with Crippen molar-refractivity contribution in [3.8, 4) is 17.1 Å². The number of hydrogen-bond acceptors (Lipinski definition) is 4. The Hall–Kier alpha value is -1.49. The van der Waals surface area contributed by atoms with Gasteiger partial charge in [0, 0.05) is 5.56 Å². The van der Waals surface area contributed by atoms with Crippen molar-refractivity contribution in [2.45, 2.75) is 19.8 Å². The molecule has 0 bridgehead atoms. The third kappa shape index (κ3) is 2.85. The van der Waals surface area contributed by atoms with Gasteiger partial charge >= 0.3 is 0 Å². The van der Waals surface area contributed by atoms with Gasteiger partial charge in [-0.2, -0.15) is 0 Å². The molecule has 0 aliphatic rings. The quantitative estimate of drug-likeness (QED) is 0.852. The zero-order valence-corrected chi connectivity index (χ0v) is 11.7. The highest BCUT2D eigenvalue weighted by atomic mass is 79.9. The van der Waals surface area contributed by atoms with Crippen LogP contribution in [0.4, 0.5) is 5.82 Å². The SMILES string of the molecule is CCCCOc1ccc(-c2onc(N)c2Br)cc1. The molecular weight excluding hydrogens is 296 g/mol. The van der Waals surface area contributed by atoms with Crippen LogP contribution in [0.3, 0.4) is 0 Å². The molecule has 18 heavy (non-hydrogen) atoms. The lowest BCUT2D eigenvalue weighted by Crippen LogP contribution is -1.95. The molecule has 0 saturated heterocycles. The van der Waals surface area contributed by atoms with Crippen LogP contribution < -0.4 is 10.5 Å². The van der Waals surface area contributed by atoms with Gasteiger partial charge in [0.15, 0.2) is 11.6 Å². The standard InChI is InChI=1S/C13H15BrN2O2/c1-2-3-8-17-10-6-4-9(5-7-10)12-11(14)13(15)16-18-12/h4-7H,2-3,8H2,1H3,(H2,15,16). The molecule has 1 heterocycles. The Bertz CT molecular complexity index is 508. The van der Waals surface area contributed by atoms with Gasteiger partial charge in [-0.25, -0.2) is 0 Å². The fraction of sp³-hybridized carbons (Fsp3) is 0.308. The van der Waals surface area contributed by atoms with E-state index >= 15 is 0 Å². The van der Waals surface area contributed by atoms with E-state index in [1.165, 1.54) is 0 Å². The van der Waals surface area contributed by atoms with E-state index in [1.54, 1.807) is 0 Å². The zero-order chi connectivity index (χ0) is 13.0. The number of nitrogen functional groups attached to an aromatic ring is 1. The highest BCUT2D eigenvalue weighted by Gasteiger charge is 2.12. The third-order valence-corrected chi connectivity index (χ3v) is 3.31. The molecule has 0 spiro atoms. The topological polar surface area (TPSA) is 61.3 Å². The molecule has 1 aromatic carbocycles. The molecule has 0 aliphatic carbocycles. The van der Waals surface area contributed by atoms with Crippen molar-refractivity contribution in [1.29, 1.82) is 0 Å². The maximum Gasteiger partial charge on any atom is 0.183 e. The fourth-order valence-corrected chi connectivity index (χ4v) is 1.88. The van der Waals surface area contributed by atoms with E-state index in [0.29, 0.717) is 16.1 Å². The number of unbranched alkanes of at least 4 members (excludes halogenated alkanes) is 1. The van der Waals surface area contributed by atoms with Crippen LogP contribution in [-0.4, -0.2) is 11.8 Å². The normalized spacial score (nSPS) is 10.6. The van der Waals surface area contributed by atoms with E-state index in [2.05, 4.69) is 28.0 Å². The van der Waals surface area contributed by atoms with E-state index in [1.807, 2.05) is 24.3 Å². The number of aromatic nitrogens is 1. The number of ether oxygens (including phenoxy) is 1. The van der Waals surface area contributed by atoms with Gasteiger partial charge in [-0.05, 0) is 46.6 Å². The first kappa shape index (κ1) is 13.0. The lowest BCUT2D eigenvalue weighted by molar-refractivity contribution is 0.309. The highest BCUT2D eigenvalue weighted by Crippen LogP contribution is 2.33. The summed E-state index contributed by atoms with van der Waals surface area (Å²) in [6.45, 7) is 2.88. The molecular formula is C13H15BrN2O2. The first-order chi connectivity index (χ1) is 8.72. The minimum Gasteiger partial charge on any atom is -0.494 e. The summed E-state index contributed by atoms with van der Waals surface area (Å²) in [5, 5.41) is 3.70. The number of benzene rings is 1. The summed E-state index contributed by atoms with van der Waals surface area (Å²) in [6.07, 6.45) is 2.19.